The van der Waals surface area contributed by atoms with Gasteiger partial charge in [-0.25, -0.2) is 0 Å². The number of hydrogen-bond donors (Lipinski definition) is 0. The van der Waals surface area contributed by atoms with E-state index in [0.29, 0.717) is 0 Å². The predicted molar refractivity (Wildman–Crippen MR) is 99.5 cm³/mol. The standard InChI is InChI=1S/C19H28N2OS/c1-4-5-16-6-7-17-18(11-16)23-19(22)21(17)9-8-20-12-14(2)10-15(3)13-20/h6-7,11,14-15H,4-5,8-10,12-13H2,1-3H3. The van der Waals surface area contributed by atoms with Crippen LogP contribution in [-0.4, -0.2) is 29.1 Å². The fourth-order valence-electron chi connectivity index (χ4n) is 3.98. The summed E-state index contributed by atoms with van der Waals surface area (Å²) in [7, 11) is 0. The fourth-order valence-corrected chi connectivity index (χ4v) is 4.96. The molecule has 0 aliphatic carbocycles. The summed E-state index contributed by atoms with van der Waals surface area (Å²) in [4.78, 5) is 15.1. The van der Waals surface area contributed by atoms with Gasteiger partial charge in [-0.1, -0.05) is 44.6 Å². The molecule has 2 atom stereocenters. The van der Waals surface area contributed by atoms with E-state index >= 15 is 0 Å². The monoisotopic (exact) mass is 332 g/mol. The van der Waals surface area contributed by atoms with Gasteiger partial charge in [0.2, 0.25) is 0 Å². The Hall–Kier alpha value is -1.13. The largest absolute Gasteiger partial charge is 0.308 e. The van der Waals surface area contributed by atoms with Crippen LogP contribution in [0.5, 0.6) is 0 Å². The third-order valence-corrected chi connectivity index (χ3v) is 5.80. The molecule has 23 heavy (non-hydrogen) atoms. The number of fused-ring (bicyclic) bond motifs is 1. The summed E-state index contributed by atoms with van der Waals surface area (Å²) in [6.45, 7) is 11.0. The predicted octanol–water partition coefficient (Wildman–Crippen LogP) is 3.99. The Morgan fingerprint density at radius 1 is 1.17 bits per heavy atom. The first-order valence-electron chi connectivity index (χ1n) is 8.91. The van der Waals surface area contributed by atoms with Crippen LogP contribution in [0.3, 0.4) is 0 Å². The lowest BCUT2D eigenvalue weighted by Gasteiger charge is -2.34. The van der Waals surface area contributed by atoms with Crippen LogP contribution >= 0.6 is 11.3 Å². The Labute approximate surface area is 142 Å². The van der Waals surface area contributed by atoms with Crippen LogP contribution in [0.2, 0.25) is 0 Å². The summed E-state index contributed by atoms with van der Waals surface area (Å²) in [5, 5.41) is 0. The molecule has 1 saturated heterocycles. The number of benzene rings is 1. The van der Waals surface area contributed by atoms with Crippen molar-refractivity contribution in [2.45, 2.75) is 46.6 Å². The minimum atomic E-state index is 0.187. The van der Waals surface area contributed by atoms with Crippen molar-refractivity contribution in [3.05, 3.63) is 33.4 Å². The third kappa shape index (κ3) is 3.86. The van der Waals surface area contributed by atoms with Crippen LogP contribution in [0.1, 0.15) is 39.2 Å². The molecule has 2 aromatic rings. The molecule has 1 aromatic carbocycles. The summed E-state index contributed by atoms with van der Waals surface area (Å²) < 4.78 is 3.11. The summed E-state index contributed by atoms with van der Waals surface area (Å²) in [5.74, 6) is 1.54. The van der Waals surface area contributed by atoms with Gasteiger partial charge < -0.3 is 4.90 Å². The lowest BCUT2D eigenvalue weighted by Crippen LogP contribution is -2.40. The topological polar surface area (TPSA) is 25.2 Å². The van der Waals surface area contributed by atoms with E-state index in [2.05, 4.69) is 43.9 Å². The molecule has 0 radical (unpaired) electrons. The number of rotatable bonds is 5. The lowest BCUT2D eigenvalue weighted by molar-refractivity contribution is 0.137. The maximum absolute atomic E-state index is 12.4. The zero-order chi connectivity index (χ0) is 16.4. The van der Waals surface area contributed by atoms with Gasteiger partial charge in [-0.2, -0.15) is 0 Å². The van der Waals surface area contributed by atoms with Gasteiger partial charge in [-0.05, 0) is 42.4 Å². The van der Waals surface area contributed by atoms with Crippen LogP contribution in [0.4, 0.5) is 0 Å². The molecular formula is C19H28N2OS. The number of piperidine rings is 1. The van der Waals surface area contributed by atoms with Crippen molar-refractivity contribution in [1.82, 2.24) is 9.47 Å². The molecule has 0 amide bonds. The van der Waals surface area contributed by atoms with Gasteiger partial charge in [0.05, 0.1) is 10.2 Å². The molecule has 1 aromatic heterocycles. The molecule has 0 spiro atoms. The molecule has 126 valence electrons. The van der Waals surface area contributed by atoms with E-state index in [4.69, 9.17) is 0 Å². The van der Waals surface area contributed by atoms with Crippen molar-refractivity contribution in [2.24, 2.45) is 11.8 Å². The Balaban J connectivity index is 1.75. The van der Waals surface area contributed by atoms with Crippen molar-refractivity contribution in [3.8, 4) is 0 Å². The molecule has 1 aliphatic heterocycles. The molecule has 0 bridgehead atoms. The Morgan fingerprint density at radius 2 is 1.91 bits per heavy atom. The Bertz CT molecular complexity index is 708. The second kappa shape index (κ2) is 7.18. The van der Waals surface area contributed by atoms with E-state index in [9.17, 15) is 4.79 Å². The van der Waals surface area contributed by atoms with Crippen LogP contribution in [0.25, 0.3) is 10.2 Å². The van der Waals surface area contributed by atoms with Crippen LogP contribution < -0.4 is 4.87 Å². The van der Waals surface area contributed by atoms with E-state index in [1.165, 1.54) is 36.4 Å². The number of thiazole rings is 1. The molecular weight excluding hydrogens is 304 g/mol. The fraction of sp³-hybridized carbons (Fsp3) is 0.632. The van der Waals surface area contributed by atoms with E-state index < -0.39 is 0 Å². The SMILES string of the molecule is CCCc1ccc2c(c1)sc(=O)n2CCN1CC(C)CC(C)C1. The molecule has 2 unspecified atom stereocenters. The van der Waals surface area contributed by atoms with Gasteiger partial charge >= 0.3 is 4.87 Å². The number of aryl methyl sites for hydroxylation is 1. The average molecular weight is 333 g/mol. The third-order valence-electron chi connectivity index (χ3n) is 4.86. The summed E-state index contributed by atoms with van der Waals surface area (Å²) in [5.41, 5.74) is 2.45. The van der Waals surface area contributed by atoms with E-state index in [1.54, 1.807) is 0 Å². The average Bonchev–Trinajstić information content (AvgIpc) is 2.79. The number of aromatic nitrogens is 1. The summed E-state index contributed by atoms with van der Waals surface area (Å²) in [6, 6.07) is 6.52. The first kappa shape index (κ1) is 16.7. The zero-order valence-electron chi connectivity index (χ0n) is 14.5. The quantitative estimate of drug-likeness (QED) is 0.827. The van der Waals surface area contributed by atoms with E-state index in [0.717, 1.165) is 48.0 Å². The molecule has 0 saturated carbocycles. The second-order valence-corrected chi connectivity index (χ2v) is 8.27. The highest BCUT2D eigenvalue weighted by atomic mass is 32.1. The summed E-state index contributed by atoms with van der Waals surface area (Å²) >= 11 is 1.40. The second-order valence-electron chi connectivity index (χ2n) is 7.28. The highest BCUT2D eigenvalue weighted by Gasteiger charge is 2.21. The molecule has 2 heterocycles. The van der Waals surface area contributed by atoms with Crippen LogP contribution in [-0.2, 0) is 13.0 Å². The molecule has 1 fully saturated rings. The van der Waals surface area contributed by atoms with Crippen LogP contribution in [0, 0.1) is 11.8 Å². The molecule has 3 nitrogen and oxygen atoms in total. The van der Waals surface area contributed by atoms with Gasteiger partial charge in [0.25, 0.3) is 0 Å². The first-order chi connectivity index (χ1) is 11.1. The lowest BCUT2D eigenvalue weighted by atomic mass is 9.92. The molecule has 4 heteroatoms. The van der Waals surface area contributed by atoms with Gasteiger partial charge in [-0.3, -0.25) is 9.36 Å². The van der Waals surface area contributed by atoms with Crippen molar-refractivity contribution < 1.29 is 0 Å². The minimum absolute atomic E-state index is 0.187. The Morgan fingerprint density at radius 3 is 2.61 bits per heavy atom. The van der Waals surface area contributed by atoms with Crippen molar-refractivity contribution in [1.29, 1.82) is 0 Å². The van der Waals surface area contributed by atoms with Gasteiger partial charge in [0, 0.05) is 26.2 Å². The van der Waals surface area contributed by atoms with E-state index in [1.807, 2.05) is 4.57 Å². The van der Waals surface area contributed by atoms with Gasteiger partial charge in [0.1, 0.15) is 0 Å². The number of nitrogens with zero attached hydrogens (tertiary/aromatic N) is 2. The number of hydrogen-bond acceptors (Lipinski definition) is 3. The normalized spacial score (nSPS) is 22.7. The first-order valence-corrected chi connectivity index (χ1v) is 9.73. The minimum Gasteiger partial charge on any atom is -0.301 e. The van der Waals surface area contributed by atoms with Gasteiger partial charge in [0.15, 0.2) is 0 Å². The van der Waals surface area contributed by atoms with Crippen LogP contribution in [0.15, 0.2) is 23.0 Å². The maximum Gasteiger partial charge on any atom is 0.308 e. The number of likely N-dealkylation sites (tertiary alicyclic amines) is 1. The van der Waals surface area contributed by atoms with Crippen molar-refractivity contribution >= 4 is 21.6 Å². The van der Waals surface area contributed by atoms with Crippen molar-refractivity contribution in [2.75, 3.05) is 19.6 Å². The molecule has 1 aliphatic rings. The van der Waals surface area contributed by atoms with Gasteiger partial charge in [-0.15, -0.1) is 0 Å². The van der Waals surface area contributed by atoms with Crippen molar-refractivity contribution in [3.63, 3.8) is 0 Å². The highest BCUT2D eigenvalue weighted by molar-refractivity contribution is 7.16. The highest BCUT2D eigenvalue weighted by Crippen LogP contribution is 2.22. The smallest absolute Gasteiger partial charge is 0.301 e. The Kier molecular flexibility index (Phi) is 5.22. The summed E-state index contributed by atoms with van der Waals surface area (Å²) in [6.07, 6.45) is 3.57. The van der Waals surface area contributed by atoms with E-state index in [-0.39, 0.29) is 4.87 Å². The molecule has 0 N–H and O–H groups in total. The molecule has 3 rings (SSSR count). The zero-order valence-corrected chi connectivity index (χ0v) is 15.4. The maximum atomic E-state index is 12.4.